The van der Waals surface area contributed by atoms with Crippen LogP contribution in [0.15, 0.2) is 0 Å². The van der Waals surface area contributed by atoms with Crippen LogP contribution in [0.1, 0.15) is 26.7 Å². The molecule has 1 saturated heterocycles. The lowest BCUT2D eigenvalue weighted by atomic mass is 10.0. The third-order valence-corrected chi connectivity index (χ3v) is 3.17. The van der Waals surface area contributed by atoms with Crippen LogP contribution in [0, 0.1) is 5.92 Å². The van der Waals surface area contributed by atoms with E-state index >= 15 is 0 Å². The smallest absolute Gasteiger partial charge is 0.326 e. The highest BCUT2D eigenvalue weighted by Gasteiger charge is 2.33. The highest BCUT2D eigenvalue weighted by atomic mass is 16.4. The van der Waals surface area contributed by atoms with Crippen molar-refractivity contribution in [2.45, 2.75) is 38.8 Å². The molecule has 0 aromatic rings. The number of carboxylic acid groups (broad SMARTS) is 1. The van der Waals surface area contributed by atoms with Gasteiger partial charge in [0.1, 0.15) is 12.1 Å². The van der Waals surface area contributed by atoms with Gasteiger partial charge in [-0.3, -0.25) is 14.5 Å². The highest BCUT2D eigenvalue weighted by molar-refractivity contribution is 6.01. The van der Waals surface area contributed by atoms with Crippen molar-refractivity contribution in [3.63, 3.8) is 0 Å². The summed E-state index contributed by atoms with van der Waals surface area (Å²) in [4.78, 5) is 46.7. The van der Waals surface area contributed by atoms with E-state index in [4.69, 9.17) is 5.11 Å². The van der Waals surface area contributed by atoms with Crippen molar-refractivity contribution in [3.05, 3.63) is 0 Å². The number of imide groups is 1. The predicted molar refractivity (Wildman–Crippen MR) is 68.7 cm³/mol. The summed E-state index contributed by atoms with van der Waals surface area (Å²) in [7, 11) is 1.35. The zero-order valence-corrected chi connectivity index (χ0v) is 11.7. The van der Waals surface area contributed by atoms with Crippen LogP contribution in [0.25, 0.3) is 0 Å². The fraction of sp³-hybridized carbons (Fsp3) is 0.667. The zero-order valence-electron chi connectivity index (χ0n) is 11.7. The molecule has 2 unspecified atom stereocenters. The molecule has 2 atom stereocenters. The molecule has 0 aromatic carbocycles. The van der Waals surface area contributed by atoms with Gasteiger partial charge < -0.3 is 15.7 Å². The van der Waals surface area contributed by atoms with Gasteiger partial charge in [-0.2, -0.15) is 0 Å². The second-order valence-corrected chi connectivity index (χ2v) is 5.06. The lowest BCUT2D eigenvalue weighted by Crippen LogP contribution is -2.57. The van der Waals surface area contributed by atoms with E-state index in [0.717, 1.165) is 4.90 Å². The second kappa shape index (κ2) is 6.36. The fourth-order valence-corrected chi connectivity index (χ4v) is 1.90. The lowest BCUT2D eigenvalue weighted by Gasteiger charge is -2.28. The summed E-state index contributed by atoms with van der Waals surface area (Å²) < 4.78 is 0. The number of piperidine rings is 1. The van der Waals surface area contributed by atoms with Gasteiger partial charge in [-0.1, -0.05) is 13.8 Å². The number of hydrogen-bond acceptors (Lipinski definition) is 4. The standard InChI is InChI=1S/C12H19N3O5/c1-6(2)9(11(18)19)14-12(20)13-7-4-5-8(16)15(3)10(7)17/h6-7,9H,4-5H2,1-3H3,(H,18,19)(H2,13,14,20). The minimum atomic E-state index is -1.14. The van der Waals surface area contributed by atoms with E-state index in [-0.39, 0.29) is 24.7 Å². The van der Waals surface area contributed by atoms with Gasteiger partial charge in [-0.15, -0.1) is 0 Å². The predicted octanol–water partition coefficient (Wildman–Crippen LogP) is -0.458. The average molecular weight is 285 g/mol. The number of urea groups is 1. The number of nitrogens with one attached hydrogen (secondary N) is 2. The lowest BCUT2D eigenvalue weighted by molar-refractivity contribution is -0.147. The first kappa shape index (κ1) is 15.9. The first-order chi connectivity index (χ1) is 9.23. The van der Waals surface area contributed by atoms with Gasteiger partial charge >= 0.3 is 12.0 Å². The Balaban J connectivity index is 2.60. The number of carbonyl (C=O) groups is 4. The molecule has 1 heterocycles. The summed E-state index contributed by atoms with van der Waals surface area (Å²) in [5.74, 6) is -2.21. The number of carbonyl (C=O) groups excluding carboxylic acids is 3. The summed E-state index contributed by atoms with van der Waals surface area (Å²) in [5, 5.41) is 13.7. The monoisotopic (exact) mass is 285 g/mol. The molecule has 0 aromatic heterocycles. The van der Waals surface area contributed by atoms with Crippen LogP contribution in [0.2, 0.25) is 0 Å². The van der Waals surface area contributed by atoms with Gasteiger partial charge in [-0.25, -0.2) is 9.59 Å². The first-order valence-corrected chi connectivity index (χ1v) is 6.34. The van der Waals surface area contributed by atoms with Crippen LogP contribution >= 0.6 is 0 Å². The van der Waals surface area contributed by atoms with Crippen molar-refractivity contribution in [3.8, 4) is 0 Å². The van der Waals surface area contributed by atoms with Crippen LogP contribution in [-0.2, 0) is 14.4 Å². The van der Waals surface area contributed by atoms with Crippen molar-refractivity contribution < 1.29 is 24.3 Å². The van der Waals surface area contributed by atoms with E-state index in [1.54, 1.807) is 13.8 Å². The molecular formula is C12H19N3O5. The average Bonchev–Trinajstić information content (AvgIpc) is 2.36. The number of likely N-dealkylation sites (N-methyl/N-ethyl adjacent to an activating group) is 1. The number of hydrogen-bond donors (Lipinski definition) is 3. The Bertz CT molecular complexity index is 435. The van der Waals surface area contributed by atoms with Crippen molar-refractivity contribution in [2.75, 3.05) is 7.05 Å². The van der Waals surface area contributed by atoms with E-state index in [1.807, 2.05) is 0 Å². The first-order valence-electron chi connectivity index (χ1n) is 6.34. The number of nitrogens with zero attached hydrogens (tertiary/aromatic N) is 1. The Kier molecular flexibility index (Phi) is 5.06. The molecule has 3 N–H and O–H groups in total. The minimum absolute atomic E-state index is 0.166. The van der Waals surface area contributed by atoms with E-state index in [9.17, 15) is 19.2 Å². The maximum absolute atomic E-state index is 11.8. The van der Waals surface area contributed by atoms with Crippen molar-refractivity contribution in [2.24, 2.45) is 5.92 Å². The van der Waals surface area contributed by atoms with Crippen LogP contribution < -0.4 is 10.6 Å². The van der Waals surface area contributed by atoms with Gasteiger partial charge in [0.15, 0.2) is 0 Å². The molecule has 112 valence electrons. The van der Waals surface area contributed by atoms with E-state index in [1.165, 1.54) is 7.05 Å². The molecule has 0 saturated carbocycles. The molecule has 1 aliphatic heterocycles. The molecule has 20 heavy (non-hydrogen) atoms. The second-order valence-electron chi connectivity index (χ2n) is 5.06. The highest BCUT2D eigenvalue weighted by Crippen LogP contribution is 2.11. The van der Waals surface area contributed by atoms with Gasteiger partial charge in [-0.05, 0) is 12.3 Å². The molecule has 1 fully saturated rings. The van der Waals surface area contributed by atoms with Gasteiger partial charge in [0.05, 0.1) is 0 Å². The third-order valence-electron chi connectivity index (χ3n) is 3.17. The Labute approximate surface area is 116 Å². The molecule has 0 spiro atoms. The maximum atomic E-state index is 11.8. The van der Waals surface area contributed by atoms with Gasteiger partial charge in [0.25, 0.3) is 5.91 Å². The van der Waals surface area contributed by atoms with Crippen LogP contribution in [0.5, 0.6) is 0 Å². The van der Waals surface area contributed by atoms with Gasteiger partial charge in [0.2, 0.25) is 5.91 Å². The Morgan fingerprint density at radius 2 is 1.95 bits per heavy atom. The Morgan fingerprint density at radius 3 is 2.45 bits per heavy atom. The van der Waals surface area contributed by atoms with E-state index in [0.29, 0.717) is 0 Å². The number of amides is 4. The van der Waals surface area contributed by atoms with Crippen LogP contribution in [0.3, 0.4) is 0 Å². The fourth-order valence-electron chi connectivity index (χ4n) is 1.90. The molecular weight excluding hydrogens is 266 g/mol. The summed E-state index contributed by atoms with van der Waals surface area (Å²) in [6.45, 7) is 3.33. The number of carboxylic acids is 1. The third kappa shape index (κ3) is 3.69. The molecule has 1 aliphatic rings. The molecule has 8 nitrogen and oxygen atoms in total. The van der Waals surface area contributed by atoms with E-state index in [2.05, 4.69) is 10.6 Å². The number of likely N-dealkylation sites (tertiary alicyclic amines) is 1. The van der Waals surface area contributed by atoms with Crippen LogP contribution in [0.4, 0.5) is 4.79 Å². The van der Waals surface area contributed by atoms with Crippen molar-refractivity contribution in [1.82, 2.24) is 15.5 Å². The topological polar surface area (TPSA) is 116 Å². The summed E-state index contributed by atoms with van der Waals surface area (Å²) in [5.41, 5.74) is 0. The molecule has 0 aliphatic carbocycles. The minimum Gasteiger partial charge on any atom is -0.480 e. The Morgan fingerprint density at radius 1 is 1.35 bits per heavy atom. The largest absolute Gasteiger partial charge is 0.480 e. The van der Waals surface area contributed by atoms with E-state index < -0.39 is 30.0 Å². The summed E-state index contributed by atoms with van der Waals surface area (Å²) >= 11 is 0. The summed E-state index contributed by atoms with van der Waals surface area (Å²) in [6.07, 6.45) is 0.384. The number of aliphatic carboxylic acids is 1. The quantitative estimate of drug-likeness (QED) is 0.605. The van der Waals surface area contributed by atoms with Crippen LogP contribution in [-0.4, -0.2) is 53.0 Å². The maximum Gasteiger partial charge on any atom is 0.326 e. The summed E-state index contributed by atoms with van der Waals surface area (Å²) in [6, 6.07) is -2.57. The van der Waals surface area contributed by atoms with Gasteiger partial charge in [0, 0.05) is 13.5 Å². The van der Waals surface area contributed by atoms with Crippen molar-refractivity contribution >= 4 is 23.8 Å². The SMILES string of the molecule is CC(C)C(NC(=O)NC1CCC(=O)N(C)C1=O)C(=O)O. The normalized spacial score (nSPS) is 20.8. The molecule has 4 amide bonds. The number of rotatable bonds is 4. The zero-order chi connectivity index (χ0) is 15.4. The molecule has 8 heteroatoms. The Hall–Kier alpha value is -2.12. The molecule has 0 radical (unpaired) electrons. The molecule has 0 bridgehead atoms. The van der Waals surface area contributed by atoms with Crippen molar-refractivity contribution in [1.29, 1.82) is 0 Å². The molecule has 1 rings (SSSR count).